The second-order valence-corrected chi connectivity index (χ2v) is 6.27. The van der Waals surface area contributed by atoms with Gasteiger partial charge in [0.2, 0.25) is 0 Å². The number of thiazole rings is 1. The first-order valence-corrected chi connectivity index (χ1v) is 7.18. The van der Waals surface area contributed by atoms with E-state index in [0.717, 1.165) is 15.6 Å². The summed E-state index contributed by atoms with van der Waals surface area (Å²) in [6.45, 7) is 4.34. The van der Waals surface area contributed by atoms with Crippen LogP contribution in [0.5, 0.6) is 0 Å². The summed E-state index contributed by atoms with van der Waals surface area (Å²) in [4.78, 5) is 15.9. The highest BCUT2D eigenvalue weighted by atomic mass is 79.9. The molecule has 5 nitrogen and oxygen atoms in total. The molecule has 0 aliphatic rings. The largest absolute Gasteiger partial charge is 0.378 e. The van der Waals surface area contributed by atoms with E-state index in [1.165, 1.54) is 6.07 Å². The van der Waals surface area contributed by atoms with E-state index in [2.05, 4.69) is 26.2 Å². The van der Waals surface area contributed by atoms with Crippen molar-refractivity contribution in [1.82, 2.24) is 4.98 Å². The average Bonchev–Trinajstić information content (AvgIpc) is 2.75. The Morgan fingerprint density at radius 1 is 1.47 bits per heavy atom. The van der Waals surface area contributed by atoms with E-state index in [1.54, 1.807) is 24.3 Å². The summed E-state index contributed by atoms with van der Waals surface area (Å²) < 4.78 is 0.679. The van der Waals surface area contributed by atoms with Crippen LogP contribution >= 0.6 is 27.3 Å². The Kier molecular flexibility index (Phi) is 4.16. The zero-order chi connectivity index (χ0) is 14.0. The maximum atomic E-state index is 10.8. The quantitative estimate of drug-likeness (QED) is 0.672. The van der Waals surface area contributed by atoms with Gasteiger partial charge >= 0.3 is 0 Å². The fourth-order valence-electron chi connectivity index (χ4n) is 1.66. The Labute approximate surface area is 123 Å². The minimum Gasteiger partial charge on any atom is -0.378 e. The molecule has 0 saturated heterocycles. The summed E-state index contributed by atoms with van der Waals surface area (Å²) in [6.07, 6.45) is 1.83. The van der Waals surface area contributed by atoms with Crippen molar-refractivity contribution in [3.63, 3.8) is 0 Å². The molecule has 0 saturated carbocycles. The number of nitro benzene ring substituents is 1. The van der Waals surface area contributed by atoms with Crippen LogP contribution in [0.1, 0.15) is 15.4 Å². The highest BCUT2D eigenvalue weighted by Gasteiger charge is 2.14. The van der Waals surface area contributed by atoms with Crippen molar-refractivity contribution in [1.29, 1.82) is 0 Å². The monoisotopic (exact) mass is 341 g/mol. The van der Waals surface area contributed by atoms with Gasteiger partial charge < -0.3 is 5.32 Å². The van der Waals surface area contributed by atoms with Crippen LogP contribution in [0.2, 0.25) is 0 Å². The van der Waals surface area contributed by atoms with Gasteiger partial charge in [-0.05, 0) is 35.8 Å². The molecule has 1 aromatic carbocycles. The fourth-order valence-corrected chi connectivity index (χ4v) is 2.86. The molecule has 2 rings (SSSR count). The van der Waals surface area contributed by atoms with Crippen molar-refractivity contribution in [2.45, 2.75) is 20.4 Å². The molecule has 100 valence electrons. The maximum Gasteiger partial charge on any atom is 0.273 e. The smallest absolute Gasteiger partial charge is 0.273 e. The van der Waals surface area contributed by atoms with Crippen LogP contribution in [-0.4, -0.2) is 9.91 Å². The van der Waals surface area contributed by atoms with Crippen LogP contribution in [0.3, 0.4) is 0 Å². The number of nitro groups is 1. The number of rotatable bonds is 4. The summed E-state index contributed by atoms with van der Waals surface area (Å²) >= 11 is 4.97. The predicted octanol–water partition coefficient (Wildman–Crippen LogP) is 4.04. The number of halogens is 1. The molecule has 0 unspecified atom stereocenters. The van der Waals surface area contributed by atoms with E-state index in [4.69, 9.17) is 0 Å². The van der Waals surface area contributed by atoms with Crippen LogP contribution in [0.25, 0.3) is 0 Å². The number of nitrogens with one attached hydrogen (secondary N) is 1. The highest BCUT2D eigenvalue weighted by molar-refractivity contribution is 9.10. The Morgan fingerprint density at radius 2 is 2.21 bits per heavy atom. The van der Waals surface area contributed by atoms with Crippen molar-refractivity contribution in [2.24, 2.45) is 0 Å². The molecule has 0 bridgehead atoms. The molecular formula is C12H12BrN3O2S. The lowest BCUT2D eigenvalue weighted by molar-refractivity contribution is -0.385. The Bertz CT molecular complexity index is 627. The standard InChI is InChI=1S/C12H12BrN3O2S/c1-7-3-10(9(13)4-11(7)16(17)18)14-6-12-15-5-8(2)19-12/h3-5,14H,6H2,1-2H3. The number of aryl methyl sites for hydroxylation is 2. The van der Waals surface area contributed by atoms with E-state index in [9.17, 15) is 10.1 Å². The van der Waals surface area contributed by atoms with Gasteiger partial charge in [0.1, 0.15) is 5.01 Å². The average molecular weight is 342 g/mol. The minimum atomic E-state index is -0.381. The van der Waals surface area contributed by atoms with Gasteiger partial charge in [-0.25, -0.2) is 4.98 Å². The van der Waals surface area contributed by atoms with E-state index >= 15 is 0 Å². The SMILES string of the molecule is Cc1cnc(CNc2cc(C)c([N+](=O)[O-])cc2Br)s1. The molecule has 0 aliphatic carbocycles. The van der Waals surface area contributed by atoms with Crippen molar-refractivity contribution >= 4 is 38.6 Å². The molecule has 1 aromatic heterocycles. The normalized spacial score (nSPS) is 10.5. The van der Waals surface area contributed by atoms with Crippen molar-refractivity contribution in [3.05, 3.63) is 48.4 Å². The molecule has 0 atom stereocenters. The number of nitrogens with zero attached hydrogens (tertiary/aromatic N) is 2. The molecular weight excluding hydrogens is 330 g/mol. The zero-order valence-electron chi connectivity index (χ0n) is 10.4. The molecule has 7 heteroatoms. The Hall–Kier alpha value is -1.47. The Morgan fingerprint density at radius 3 is 2.79 bits per heavy atom. The molecule has 0 fully saturated rings. The van der Waals surface area contributed by atoms with Gasteiger partial charge in [0.05, 0.1) is 11.5 Å². The van der Waals surface area contributed by atoms with Gasteiger partial charge in [0.25, 0.3) is 5.69 Å². The Balaban J connectivity index is 2.17. The van der Waals surface area contributed by atoms with E-state index in [1.807, 2.05) is 13.1 Å². The third-order valence-corrected chi connectivity index (χ3v) is 4.15. The van der Waals surface area contributed by atoms with Gasteiger partial charge in [-0.2, -0.15) is 0 Å². The predicted molar refractivity (Wildman–Crippen MR) is 79.7 cm³/mol. The number of hydrogen-bond donors (Lipinski definition) is 1. The first kappa shape index (κ1) is 14.0. The van der Waals surface area contributed by atoms with Crippen molar-refractivity contribution in [3.8, 4) is 0 Å². The number of aromatic nitrogens is 1. The molecule has 19 heavy (non-hydrogen) atoms. The van der Waals surface area contributed by atoms with Gasteiger partial charge in [-0.1, -0.05) is 0 Å². The summed E-state index contributed by atoms with van der Waals surface area (Å²) in [5.41, 5.74) is 1.57. The minimum absolute atomic E-state index is 0.113. The first-order chi connectivity index (χ1) is 8.97. The van der Waals surface area contributed by atoms with E-state index in [0.29, 0.717) is 16.6 Å². The number of hydrogen-bond acceptors (Lipinski definition) is 5. The third kappa shape index (κ3) is 3.30. The molecule has 2 aromatic rings. The lowest BCUT2D eigenvalue weighted by atomic mass is 10.2. The van der Waals surface area contributed by atoms with Crippen LogP contribution in [0, 0.1) is 24.0 Å². The van der Waals surface area contributed by atoms with Crippen LogP contribution < -0.4 is 5.32 Å². The molecule has 1 heterocycles. The molecule has 0 aliphatic heterocycles. The van der Waals surface area contributed by atoms with Gasteiger partial charge in [0, 0.05) is 32.9 Å². The zero-order valence-corrected chi connectivity index (χ0v) is 12.8. The second kappa shape index (κ2) is 5.66. The van der Waals surface area contributed by atoms with Crippen LogP contribution in [0.15, 0.2) is 22.8 Å². The topological polar surface area (TPSA) is 68.1 Å². The number of benzene rings is 1. The second-order valence-electron chi connectivity index (χ2n) is 4.09. The van der Waals surface area contributed by atoms with Crippen LogP contribution in [-0.2, 0) is 6.54 Å². The van der Waals surface area contributed by atoms with Gasteiger partial charge in [-0.3, -0.25) is 10.1 Å². The van der Waals surface area contributed by atoms with Crippen molar-refractivity contribution in [2.75, 3.05) is 5.32 Å². The molecule has 0 spiro atoms. The summed E-state index contributed by atoms with van der Waals surface area (Å²) in [6, 6.07) is 3.29. The van der Waals surface area contributed by atoms with Gasteiger partial charge in [0.15, 0.2) is 0 Å². The lowest BCUT2D eigenvalue weighted by Gasteiger charge is -2.08. The maximum absolute atomic E-state index is 10.8. The molecule has 1 N–H and O–H groups in total. The van der Waals surface area contributed by atoms with E-state index < -0.39 is 0 Å². The summed E-state index contributed by atoms with van der Waals surface area (Å²) in [7, 11) is 0. The molecule has 0 amide bonds. The lowest BCUT2D eigenvalue weighted by Crippen LogP contribution is -2.01. The van der Waals surface area contributed by atoms with Crippen LogP contribution in [0.4, 0.5) is 11.4 Å². The van der Waals surface area contributed by atoms with E-state index in [-0.39, 0.29) is 10.6 Å². The fraction of sp³-hybridized carbons (Fsp3) is 0.250. The highest BCUT2D eigenvalue weighted by Crippen LogP contribution is 2.31. The van der Waals surface area contributed by atoms with Crippen molar-refractivity contribution < 1.29 is 4.92 Å². The third-order valence-electron chi connectivity index (χ3n) is 2.58. The van der Waals surface area contributed by atoms with Gasteiger partial charge in [-0.15, -0.1) is 11.3 Å². The summed E-state index contributed by atoms with van der Waals surface area (Å²) in [5.74, 6) is 0. The number of anilines is 1. The molecule has 0 radical (unpaired) electrons. The first-order valence-electron chi connectivity index (χ1n) is 5.57. The summed E-state index contributed by atoms with van der Waals surface area (Å²) in [5, 5.41) is 15.0.